The molecule has 0 radical (unpaired) electrons. The maximum Gasteiger partial charge on any atom is 0.246 e. The van der Waals surface area contributed by atoms with Crippen molar-refractivity contribution in [1.29, 1.82) is 0 Å². The number of furan rings is 2. The van der Waals surface area contributed by atoms with Crippen LogP contribution in [0.25, 0.3) is 88.5 Å². The van der Waals surface area contributed by atoms with Crippen LogP contribution in [0.2, 0.25) is 0 Å². The Morgan fingerprint density at radius 1 is 0.596 bits per heavy atom. The lowest BCUT2D eigenvalue weighted by atomic mass is 9.96. The van der Waals surface area contributed by atoms with Crippen LogP contribution in [0.15, 0.2) is 125 Å². The van der Waals surface area contributed by atoms with Crippen LogP contribution < -0.4 is 10.6 Å². The third-order valence-corrected chi connectivity index (χ3v) is 9.33. The summed E-state index contributed by atoms with van der Waals surface area (Å²) < 4.78 is 12.7. The summed E-state index contributed by atoms with van der Waals surface area (Å²) in [6.07, 6.45) is 3.99. The molecule has 6 aromatic carbocycles. The molecule has 0 N–H and O–H groups in total. The summed E-state index contributed by atoms with van der Waals surface area (Å²) in [4.78, 5) is 10.4. The maximum atomic E-state index is 6.38. The van der Waals surface area contributed by atoms with E-state index in [1.165, 1.54) is 21.9 Å². The number of aryl methyl sites for hydroxylation is 2. The Kier molecular flexibility index (Phi) is 5.97. The molecule has 9 aromatic rings. The highest BCUT2D eigenvalue weighted by Gasteiger charge is 2.18. The summed E-state index contributed by atoms with van der Waals surface area (Å²) in [5, 5.41) is 7.66. The van der Waals surface area contributed by atoms with E-state index < -0.39 is 0 Å². The van der Waals surface area contributed by atoms with Gasteiger partial charge in [-0.2, -0.15) is 0 Å². The van der Waals surface area contributed by atoms with Crippen LogP contribution in [0.1, 0.15) is 23.6 Å². The average molecular weight is 607 g/mol. The fraction of sp³-hybridized carbons (Fsp3) is 0.0698. The molecule has 0 atom stereocenters. The highest BCUT2D eigenvalue weighted by atomic mass is 16.3. The van der Waals surface area contributed by atoms with Crippen molar-refractivity contribution in [3.8, 4) is 11.1 Å². The maximum absolute atomic E-state index is 6.38. The van der Waals surface area contributed by atoms with E-state index in [0.717, 1.165) is 82.2 Å². The van der Waals surface area contributed by atoms with E-state index in [-0.39, 0.29) is 0 Å². The summed E-state index contributed by atoms with van der Waals surface area (Å²) in [5.41, 5.74) is 12.1. The third kappa shape index (κ3) is 4.15. The molecule has 9 rings (SSSR count). The van der Waals surface area contributed by atoms with Crippen LogP contribution >= 0.6 is 0 Å². The molecule has 0 amide bonds. The first-order valence-electron chi connectivity index (χ1n) is 15.9. The lowest BCUT2D eigenvalue weighted by Crippen LogP contribution is -2.22. The first kappa shape index (κ1) is 27.3. The molecule has 0 saturated carbocycles. The molecule has 0 unspecified atom stereocenters. The number of para-hydroxylation sites is 1. The normalized spacial score (nSPS) is 13.1. The summed E-state index contributed by atoms with van der Waals surface area (Å²) in [6.45, 7) is 10.5. The van der Waals surface area contributed by atoms with Gasteiger partial charge in [-0.25, -0.2) is 9.97 Å². The Morgan fingerprint density at radius 2 is 1.30 bits per heavy atom. The van der Waals surface area contributed by atoms with Crippen molar-refractivity contribution in [3.05, 3.63) is 143 Å². The zero-order valence-corrected chi connectivity index (χ0v) is 26.4. The summed E-state index contributed by atoms with van der Waals surface area (Å²) in [7, 11) is 0. The number of benzene rings is 6. The second kappa shape index (κ2) is 10.3. The molecule has 0 aliphatic rings. The molecule has 224 valence electrons. The van der Waals surface area contributed by atoms with Crippen molar-refractivity contribution in [2.24, 2.45) is 0 Å². The molecule has 0 saturated heterocycles. The topological polar surface area (TPSA) is 52.1 Å². The minimum Gasteiger partial charge on any atom is -0.455 e. The van der Waals surface area contributed by atoms with Gasteiger partial charge in [-0.1, -0.05) is 109 Å². The number of hydrogen-bond acceptors (Lipinski definition) is 4. The van der Waals surface area contributed by atoms with Crippen LogP contribution in [-0.2, 0) is 0 Å². The molecular formula is C43H30N2O2. The van der Waals surface area contributed by atoms with Crippen LogP contribution in [0.4, 0.5) is 0 Å². The summed E-state index contributed by atoms with van der Waals surface area (Å²) in [5.74, 6) is 0. The van der Waals surface area contributed by atoms with Crippen LogP contribution in [-0.4, -0.2) is 9.97 Å². The van der Waals surface area contributed by atoms with Crippen molar-refractivity contribution in [3.63, 3.8) is 0 Å². The van der Waals surface area contributed by atoms with Gasteiger partial charge in [-0.3, -0.25) is 0 Å². The van der Waals surface area contributed by atoms with Gasteiger partial charge in [0.2, 0.25) is 5.71 Å². The predicted molar refractivity (Wildman–Crippen MR) is 195 cm³/mol. The number of nitrogens with zero attached hydrogens (tertiary/aromatic N) is 2. The Labute approximate surface area is 270 Å². The van der Waals surface area contributed by atoms with E-state index in [2.05, 4.69) is 105 Å². The van der Waals surface area contributed by atoms with Crippen LogP contribution in [0, 0.1) is 13.8 Å². The molecule has 3 aromatic heterocycles. The monoisotopic (exact) mass is 606 g/mol. The van der Waals surface area contributed by atoms with Crippen LogP contribution in [0.5, 0.6) is 0 Å². The standard InChI is InChI=1S/C43H30N2O2/c1-5-29(42-30(6-2)31-12-7-8-13-37(31)46-42)28-11-9-10-26(22-28)27-16-19-38-36(23-27)41-43(47-38)45-40-33-18-15-25(4)21-35(33)34-20-24(3)14-17-32(34)39(40)44-41/h5-23H,1H2,2-4H3/b30-6-,42-29-. The number of hydrogen-bond donors (Lipinski definition) is 0. The highest BCUT2D eigenvalue weighted by molar-refractivity contribution is 6.24. The SMILES string of the molecule is C=C/C(c1cccc(-c2ccc3oc4nc5c6ccc(C)cc6c6cc(C)ccc6c5nc4c3c2)c1)=c1/oc2ccccc2/c1=C/C. The van der Waals surface area contributed by atoms with Crippen LogP contribution in [0.3, 0.4) is 0 Å². The molecule has 4 nitrogen and oxygen atoms in total. The number of aromatic nitrogens is 2. The second-order valence-corrected chi connectivity index (χ2v) is 12.3. The molecule has 0 spiro atoms. The van der Waals surface area contributed by atoms with Gasteiger partial charge in [0.25, 0.3) is 0 Å². The van der Waals surface area contributed by atoms with Gasteiger partial charge in [0, 0.05) is 32.3 Å². The molecular weight excluding hydrogens is 576 g/mol. The fourth-order valence-electron chi connectivity index (χ4n) is 7.06. The van der Waals surface area contributed by atoms with Gasteiger partial charge >= 0.3 is 0 Å². The number of fused-ring (bicyclic) bond motifs is 10. The van der Waals surface area contributed by atoms with E-state index in [9.17, 15) is 0 Å². The van der Waals surface area contributed by atoms with Crippen molar-refractivity contribution in [2.45, 2.75) is 20.8 Å². The first-order valence-corrected chi connectivity index (χ1v) is 15.9. The molecule has 0 bridgehead atoms. The van der Waals surface area contributed by atoms with E-state index in [1.807, 2.05) is 37.3 Å². The van der Waals surface area contributed by atoms with E-state index in [4.69, 9.17) is 18.8 Å². The molecule has 0 fully saturated rings. The largest absolute Gasteiger partial charge is 0.455 e. The third-order valence-electron chi connectivity index (χ3n) is 9.33. The smallest absolute Gasteiger partial charge is 0.246 e. The lowest BCUT2D eigenvalue weighted by molar-refractivity contribution is 0.573. The molecule has 0 aliphatic heterocycles. The van der Waals surface area contributed by atoms with Gasteiger partial charge in [-0.05, 0) is 72.5 Å². The quantitative estimate of drug-likeness (QED) is 0.188. The minimum absolute atomic E-state index is 0.544. The first-order chi connectivity index (χ1) is 23.0. The Morgan fingerprint density at radius 3 is 2.04 bits per heavy atom. The van der Waals surface area contributed by atoms with Crippen molar-refractivity contribution < 1.29 is 8.83 Å². The van der Waals surface area contributed by atoms with Crippen molar-refractivity contribution >= 4 is 77.4 Å². The van der Waals surface area contributed by atoms with Gasteiger partial charge in [0.15, 0.2) is 0 Å². The average Bonchev–Trinajstić information content (AvgIpc) is 3.65. The Balaban J connectivity index is 1.26. The minimum atomic E-state index is 0.544. The van der Waals surface area contributed by atoms with Crippen molar-refractivity contribution in [2.75, 3.05) is 0 Å². The molecule has 4 heteroatoms. The zero-order chi connectivity index (χ0) is 31.8. The molecule has 0 aliphatic carbocycles. The van der Waals surface area contributed by atoms with Gasteiger partial charge in [-0.15, -0.1) is 0 Å². The summed E-state index contributed by atoms with van der Waals surface area (Å²) in [6, 6.07) is 36.0. The second-order valence-electron chi connectivity index (χ2n) is 12.3. The highest BCUT2D eigenvalue weighted by Crippen LogP contribution is 2.38. The zero-order valence-electron chi connectivity index (χ0n) is 26.4. The van der Waals surface area contributed by atoms with Crippen molar-refractivity contribution in [1.82, 2.24) is 9.97 Å². The Hall–Kier alpha value is -6.00. The predicted octanol–water partition coefficient (Wildman–Crippen LogP) is 10.1. The lowest BCUT2D eigenvalue weighted by Gasteiger charge is -2.10. The van der Waals surface area contributed by atoms with E-state index in [1.54, 1.807) is 0 Å². The van der Waals surface area contributed by atoms with Gasteiger partial charge in [0.05, 0.1) is 5.52 Å². The van der Waals surface area contributed by atoms with E-state index >= 15 is 0 Å². The molecule has 3 heterocycles. The summed E-state index contributed by atoms with van der Waals surface area (Å²) >= 11 is 0. The van der Waals surface area contributed by atoms with Gasteiger partial charge in [0.1, 0.15) is 27.6 Å². The fourth-order valence-corrected chi connectivity index (χ4v) is 7.06. The van der Waals surface area contributed by atoms with E-state index in [0.29, 0.717) is 5.71 Å². The van der Waals surface area contributed by atoms with Gasteiger partial charge < -0.3 is 8.83 Å². The molecule has 47 heavy (non-hydrogen) atoms. The Bertz CT molecular complexity index is 2910. The number of allylic oxidation sites excluding steroid dienone is 1. The number of rotatable bonds is 3.